The molecule has 0 amide bonds. The predicted octanol–water partition coefficient (Wildman–Crippen LogP) is 16.5. The lowest BCUT2D eigenvalue weighted by atomic mass is 9.60. The first-order chi connectivity index (χ1) is 39.6. The van der Waals surface area contributed by atoms with Crippen LogP contribution in [0.1, 0.15) is 45.2 Å². The van der Waals surface area contributed by atoms with Gasteiger partial charge in [0.05, 0.1) is 0 Å². The zero-order valence-electron chi connectivity index (χ0n) is 43.1. The van der Waals surface area contributed by atoms with Crippen molar-refractivity contribution < 1.29 is 0 Å². The van der Waals surface area contributed by atoms with E-state index in [1.807, 2.05) is 134 Å². The summed E-state index contributed by atoms with van der Waals surface area (Å²) in [7, 11) is 0. The molecular weight excluding hydrogens is 977 g/mol. The summed E-state index contributed by atoms with van der Waals surface area (Å²) in [5, 5.41) is 0. The van der Waals surface area contributed by atoms with Crippen molar-refractivity contribution in [2.45, 2.75) is 11.8 Å². The van der Waals surface area contributed by atoms with Gasteiger partial charge in [0.15, 0.2) is 34.9 Å². The maximum atomic E-state index is 5.14. The van der Waals surface area contributed by atoms with Crippen molar-refractivity contribution in [1.29, 1.82) is 0 Å². The highest BCUT2D eigenvalue weighted by molar-refractivity contribution is 5.84. The number of aromatic nitrogens is 8. The number of nitrogens with zero attached hydrogens (tertiary/aromatic N) is 8. The summed E-state index contributed by atoms with van der Waals surface area (Å²) in [6.07, 6.45) is 7.25. The number of rotatable bonds is 10. The van der Waals surface area contributed by atoms with Crippen molar-refractivity contribution in [3.63, 3.8) is 0 Å². The summed E-state index contributed by atoms with van der Waals surface area (Å²) in [6.45, 7) is 0. The molecule has 13 aromatic rings. The van der Waals surface area contributed by atoms with Crippen LogP contribution in [0.15, 0.2) is 267 Å². The van der Waals surface area contributed by atoms with Crippen molar-refractivity contribution in [3.8, 4) is 113 Å². The Bertz CT molecular complexity index is 4170. The number of pyridine rings is 2. The van der Waals surface area contributed by atoms with Gasteiger partial charge >= 0.3 is 0 Å². The molecule has 2 unspecified atom stereocenters. The Labute approximate surface area is 463 Å². The van der Waals surface area contributed by atoms with E-state index < -0.39 is 0 Å². The molecule has 0 fully saturated rings. The van der Waals surface area contributed by atoms with Gasteiger partial charge in [-0.1, -0.05) is 206 Å². The van der Waals surface area contributed by atoms with E-state index in [1.165, 1.54) is 44.5 Å². The first kappa shape index (κ1) is 46.6. The minimum absolute atomic E-state index is 0.104. The van der Waals surface area contributed by atoms with Gasteiger partial charge in [-0.2, -0.15) is 0 Å². The maximum absolute atomic E-state index is 5.14. The fourth-order valence-corrected chi connectivity index (χ4v) is 11.8. The second-order valence-corrected chi connectivity index (χ2v) is 20.2. The van der Waals surface area contributed by atoms with E-state index >= 15 is 0 Å². The normalized spacial score (nSPS) is 13.8. The lowest BCUT2D eigenvalue weighted by Crippen LogP contribution is -2.27. The topological polar surface area (TPSA) is 103 Å². The third-order valence-electron chi connectivity index (χ3n) is 15.6. The summed E-state index contributed by atoms with van der Waals surface area (Å²) in [5.41, 5.74) is 22.5. The molecule has 0 radical (unpaired) electrons. The Hall–Kier alpha value is -10.7. The van der Waals surface area contributed by atoms with Gasteiger partial charge in [-0.25, -0.2) is 29.9 Å². The van der Waals surface area contributed by atoms with E-state index in [2.05, 4.69) is 143 Å². The van der Waals surface area contributed by atoms with Gasteiger partial charge in [0.1, 0.15) is 0 Å². The third kappa shape index (κ3) is 8.34. The van der Waals surface area contributed by atoms with Gasteiger partial charge < -0.3 is 0 Å². The molecule has 374 valence electrons. The quantitative estimate of drug-likeness (QED) is 0.133. The zero-order valence-corrected chi connectivity index (χ0v) is 43.1. The minimum Gasteiger partial charge on any atom is -0.265 e. The largest absolute Gasteiger partial charge is 0.265 e. The summed E-state index contributed by atoms with van der Waals surface area (Å²) in [4.78, 5) is 39.1. The van der Waals surface area contributed by atoms with Crippen molar-refractivity contribution in [3.05, 3.63) is 301 Å². The molecule has 0 saturated carbocycles. The van der Waals surface area contributed by atoms with Gasteiger partial charge in [-0.15, -0.1) is 0 Å². The molecule has 3 aliphatic rings. The first-order valence-corrected chi connectivity index (χ1v) is 26.9. The average molecular weight is 1020 g/mol. The number of hydrogen-bond donors (Lipinski definition) is 0. The fourth-order valence-electron chi connectivity index (χ4n) is 11.8. The highest BCUT2D eigenvalue weighted by Gasteiger charge is 2.41. The summed E-state index contributed by atoms with van der Waals surface area (Å²) >= 11 is 0. The maximum Gasteiger partial charge on any atom is 0.164 e. The molecule has 2 atom stereocenters. The Morgan fingerprint density at radius 3 is 0.863 bits per heavy atom. The monoisotopic (exact) mass is 1020 g/mol. The van der Waals surface area contributed by atoms with Gasteiger partial charge in [0.2, 0.25) is 0 Å². The Balaban J connectivity index is 0.749. The molecule has 0 spiro atoms. The third-order valence-corrected chi connectivity index (χ3v) is 15.6. The van der Waals surface area contributed by atoms with Crippen molar-refractivity contribution in [1.82, 2.24) is 39.9 Å². The van der Waals surface area contributed by atoms with E-state index in [9.17, 15) is 0 Å². The van der Waals surface area contributed by atoms with Crippen LogP contribution in [0.5, 0.6) is 0 Å². The average Bonchev–Trinajstić information content (AvgIpc) is 3.68. The molecule has 80 heavy (non-hydrogen) atoms. The van der Waals surface area contributed by atoms with Crippen LogP contribution in [0.2, 0.25) is 0 Å². The number of hydrogen-bond acceptors (Lipinski definition) is 8. The molecule has 4 aromatic heterocycles. The Kier molecular flexibility index (Phi) is 11.5. The van der Waals surface area contributed by atoms with Crippen LogP contribution in [0.3, 0.4) is 0 Å². The van der Waals surface area contributed by atoms with Crippen molar-refractivity contribution in [2.24, 2.45) is 0 Å². The smallest absolute Gasteiger partial charge is 0.164 e. The van der Waals surface area contributed by atoms with Gasteiger partial charge in [-0.05, 0) is 114 Å². The fraction of sp³-hybridized carbons (Fsp3) is 0.0278. The molecule has 4 heterocycles. The Morgan fingerprint density at radius 2 is 0.475 bits per heavy atom. The molecule has 3 aliphatic carbocycles. The molecule has 8 nitrogen and oxygen atoms in total. The van der Waals surface area contributed by atoms with E-state index in [0.29, 0.717) is 34.9 Å². The lowest BCUT2D eigenvalue weighted by Gasteiger charge is -2.42. The molecule has 9 aromatic carbocycles. The molecule has 0 aliphatic heterocycles. The lowest BCUT2D eigenvalue weighted by molar-refractivity contribution is 0.755. The molecule has 16 rings (SSSR count). The standard InChI is InChI=1S/C72H46N8/c1-3-13-49(14-4-1)67-75-69(79-71(77-67)61-21-11-7-17-55(61)47-35-39-73-40-36-47)51-27-23-45(24-28-51)53-31-33-59-63(43-53)65-57-19-9-10-20-58(57)66(59)64-44-54(32-34-60(64)65)46-25-29-52(30-26-46)70-76-68(50-15-5-2-6-16-50)78-72(80-70)62-22-12-8-18-56(62)48-37-41-74-42-38-48/h1-44,65-66H. The van der Waals surface area contributed by atoms with E-state index in [1.54, 1.807) is 0 Å². The van der Waals surface area contributed by atoms with Crippen LogP contribution < -0.4 is 0 Å². The van der Waals surface area contributed by atoms with Crippen LogP contribution in [0, 0.1) is 0 Å². The SMILES string of the molecule is c1ccc(-c2nc(-c3ccc(-c4ccc5c(c4)C4c6ccccc6C5c5cc(-c6ccc(-c7nc(-c8ccccc8)nc(-c8ccccc8-c8ccncc8)n7)cc6)ccc54)cc3)nc(-c3ccccc3-c3ccncc3)n2)cc1. The highest BCUT2D eigenvalue weighted by Crippen LogP contribution is 2.57. The second kappa shape index (κ2) is 19.7. The molecular formula is C72H46N8. The zero-order chi connectivity index (χ0) is 52.9. The van der Waals surface area contributed by atoms with Crippen LogP contribution in [-0.2, 0) is 0 Å². The van der Waals surface area contributed by atoms with Crippen molar-refractivity contribution in [2.75, 3.05) is 0 Å². The van der Waals surface area contributed by atoms with E-state index in [-0.39, 0.29) is 11.8 Å². The number of benzene rings is 9. The van der Waals surface area contributed by atoms with Crippen LogP contribution in [-0.4, -0.2) is 39.9 Å². The summed E-state index contributed by atoms with van der Waals surface area (Å²) < 4.78 is 0. The molecule has 2 bridgehead atoms. The Morgan fingerprint density at radius 1 is 0.188 bits per heavy atom. The van der Waals surface area contributed by atoms with Gasteiger partial charge in [-0.3, -0.25) is 9.97 Å². The van der Waals surface area contributed by atoms with Crippen molar-refractivity contribution >= 4 is 0 Å². The molecule has 0 saturated heterocycles. The summed E-state index contributed by atoms with van der Waals surface area (Å²) in [6, 6.07) is 85.3. The highest BCUT2D eigenvalue weighted by atomic mass is 15.0. The molecule has 0 N–H and O–H groups in total. The minimum atomic E-state index is 0.104. The van der Waals surface area contributed by atoms with Crippen LogP contribution in [0.25, 0.3) is 113 Å². The first-order valence-electron chi connectivity index (χ1n) is 26.9. The van der Waals surface area contributed by atoms with E-state index in [0.717, 1.165) is 66.8 Å². The molecule has 8 heteroatoms. The van der Waals surface area contributed by atoms with Gasteiger partial charge in [0, 0.05) is 70.0 Å². The van der Waals surface area contributed by atoms with E-state index in [4.69, 9.17) is 29.9 Å². The predicted molar refractivity (Wildman–Crippen MR) is 318 cm³/mol. The van der Waals surface area contributed by atoms with Crippen LogP contribution in [0.4, 0.5) is 0 Å². The second-order valence-electron chi connectivity index (χ2n) is 20.2. The van der Waals surface area contributed by atoms with Crippen LogP contribution >= 0.6 is 0 Å². The summed E-state index contributed by atoms with van der Waals surface area (Å²) in [5.74, 6) is 3.92. The van der Waals surface area contributed by atoms with Gasteiger partial charge in [0.25, 0.3) is 0 Å².